The summed E-state index contributed by atoms with van der Waals surface area (Å²) in [6.07, 6.45) is 3.13. The SMILES string of the molecule is CCN(Cc1ccccc1)C(=O)c1cnc(Nc2ccc(C)cc2C)cn1. The second-order valence-electron chi connectivity index (χ2n) is 6.54. The number of nitrogens with one attached hydrogen (secondary N) is 1. The number of hydrogen-bond donors (Lipinski definition) is 1. The van der Waals surface area contributed by atoms with E-state index in [4.69, 9.17) is 0 Å². The molecule has 27 heavy (non-hydrogen) atoms. The first-order valence-corrected chi connectivity index (χ1v) is 9.06. The lowest BCUT2D eigenvalue weighted by molar-refractivity contribution is 0.0746. The maximum absolute atomic E-state index is 12.7. The van der Waals surface area contributed by atoms with E-state index in [2.05, 4.69) is 28.3 Å². The third kappa shape index (κ3) is 4.70. The number of amides is 1. The van der Waals surface area contributed by atoms with Gasteiger partial charge in [0.25, 0.3) is 5.91 Å². The molecule has 0 unspecified atom stereocenters. The summed E-state index contributed by atoms with van der Waals surface area (Å²) in [5, 5.41) is 3.25. The molecule has 1 N–H and O–H groups in total. The molecule has 1 heterocycles. The van der Waals surface area contributed by atoms with Gasteiger partial charge in [0.15, 0.2) is 0 Å². The van der Waals surface area contributed by atoms with Crippen LogP contribution in [0.15, 0.2) is 60.9 Å². The summed E-state index contributed by atoms with van der Waals surface area (Å²) in [5.74, 6) is 0.497. The number of nitrogens with zero attached hydrogens (tertiary/aromatic N) is 3. The zero-order chi connectivity index (χ0) is 19.2. The molecule has 0 aliphatic carbocycles. The number of hydrogen-bond acceptors (Lipinski definition) is 4. The molecule has 0 aliphatic heterocycles. The first-order chi connectivity index (χ1) is 13.1. The van der Waals surface area contributed by atoms with Crippen LogP contribution in [0.4, 0.5) is 11.5 Å². The Labute approximate surface area is 160 Å². The number of carbonyl (C=O) groups excluding carboxylic acids is 1. The molecule has 5 nitrogen and oxygen atoms in total. The second-order valence-corrected chi connectivity index (χ2v) is 6.54. The fourth-order valence-electron chi connectivity index (χ4n) is 2.89. The Morgan fingerprint density at radius 1 is 1.04 bits per heavy atom. The number of anilines is 2. The fourth-order valence-corrected chi connectivity index (χ4v) is 2.89. The summed E-state index contributed by atoms with van der Waals surface area (Å²) in [4.78, 5) is 23.2. The van der Waals surface area contributed by atoms with Crippen LogP contribution in [0, 0.1) is 13.8 Å². The quantitative estimate of drug-likeness (QED) is 0.703. The van der Waals surface area contributed by atoms with Crippen molar-refractivity contribution in [3.05, 3.63) is 83.3 Å². The molecule has 0 spiro atoms. The van der Waals surface area contributed by atoms with Gasteiger partial charge in [-0.05, 0) is 38.0 Å². The molecular formula is C22H24N4O. The van der Waals surface area contributed by atoms with Gasteiger partial charge in [-0.3, -0.25) is 4.79 Å². The average Bonchev–Trinajstić information content (AvgIpc) is 2.69. The molecule has 0 atom stereocenters. The summed E-state index contributed by atoms with van der Waals surface area (Å²) >= 11 is 0. The fraction of sp³-hybridized carbons (Fsp3) is 0.227. The van der Waals surface area contributed by atoms with Gasteiger partial charge in [-0.2, -0.15) is 0 Å². The molecule has 0 bridgehead atoms. The van der Waals surface area contributed by atoms with E-state index >= 15 is 0 Å². The standard InChI is InChI=1S/C22H24N4O/c1-4-26(15-18-8-6-5-7-9-18)22(27)20-13-24-21(14-23-20)25-19-11-10-16(2)12-17(19)3/h5-14H,4,15H2,1-3H3,(H,24,25). The van der Waals surface area contributed by atoms with Crippen LogP contribution in [-0.2, 0) is 6.54 Å². The number of carbonyl (C=O) groups is 1. The van der Waals surface area contributed by atoms with Crippen molar-refractivity contribution in [2.45, 2.75) is 27.3 Å². The molecule has 0 saturated carbocycles. The number of benzene rings is 2. The minimum Gasteiger partial charge on any atom is -0.339 e. The van der Waals surface area contributed by atoms with Gasteiger partial charge in [0, 0.05) is 18.8 Å². The Kier molecular flexibility index (Phi) is 5.81. The normalized spacial score (nSPS) is 10.5. The molecule has 0 radical (unpaired) electrons. The van der Waals surface area contributed by atoms with Crippen molar-refractivity contribution < 1.29 is 4.79 Å². The van der Waals surface area contributed by atoms with Crippen LogP contribution in [0.1, 0.15) is 34.1 Å². The highest BCUT2D eigenvalue weighted by molar-refractivity contribution is 5.92. The van der Waals surface area contributed by atoms with E-state index in [9.17, 15) is 4.79 Å². The topological polar surface area (TPSA) is 58.1 Å². The Morgan fingerprint density at radius 3 is 2.44 bits per heavy atom. The lowest BCUT2D eigenvalue weighted by Gasteiger charge is -2.20. The third-order valence-electron chi connectivity index (χ3n) is 4.40. The van der Waals surface area contributed by atoms with Gasteiger partial charge in [-0.1, -0.05) is 48.0 Å². The maximum atomic E-state index is 12.7. The molecule has 2 aromatic carbocycles. The number of rotatable bonds is 6. The van der Waals surface area contributed by atoms with Crippen molar-refractivity contribution in [3.63, 3.8) is 0 Å². The number of aromatic nitrogens is 2. The van der Waals surface area contributed by atoms with Gasteiger partial charge in [0.05, 0.1) is 12.4 Å². The van der Waals surface area contributed by atoms with E-state index in [1.165, 1.54) is 11.8 Å². The summed E-state index contributed by atoms with van der Waals surface area (Å²) < 4.78 is 0. The van der Waals surface area contributed by atoms with Gasteiger partial charge in [-0.15, -0.1) is 0 Å². The molecule has 138 valence electrons. The Balaban J connectivity index is 1.70. The predicted molar refractivity (Wildman–Crippen MR) is 108 cm³/mol. The van der Waals surface area contributed by atoms with Gasteiger partial charge < -0.3 is 10.2 Å². The smallest absolute Gasteiger partial charge is 0.274 e. The predicted octanol–water partition coefficient (Wildman–Crippen LogP) is 4.50. The van der Waals surface area contributed by atoms with E-state index in [1.54, 1.807) is 11.1 Å². The summed E-state index contributed by atoms with van der Waals surface area (Å²) in [5.41, 5.74) is 4.76. The van der Waals surface area contributed by atoms with Crippen LogP contribution in [0.3, 0.4) is 0 Å². The van der Waals surface area contributed by atoms with E-state index < -0.39 is 0 Å². The minimum absolute atomic E-state index is 0.119. The summed E-state index contributed by atoms with van der Waals surface area (Å²) in [6.45, 7) is 7.23. The van der Waals surface area contributed by atoms with Crippen LogP contribution < -0.4 is 5.32 Å². The molecule has 3 aromatic rings. The molecule has 3 rings (SSSR count). The van der Waals surface area contributed by atoms with Crippen molar-refractivity contribution in [1.29, 1.82) is 0 Å². The molecule has 0 saturated heterocycles. The Hall–Kier alpha value is -3.21. The van der Waals surface area contributed by atoms with Crippen LogP contribution >= 0.6 is 0 Å². The van der Waals surface area contributed by atoms with Crippen LogP contribution in [-0.4, -0.2) is 27.3 Å². The van der Waals surface area contributed by atoms with Gasteiger partial charge >= 0.3 is 0 Å². The summed E-state index contributed by atoms with van der Waals surface area (Å²) in [6, 6.07) is 16.1. The van der Waals surface area contributed by atoms with Crippen molar-refractivity contribution in [3.8, 4) is 0 Å². The highest BCUT2D eigenvalue weighted by Gasteiger charge is 2.16. The second kappa shape index (κ2) is 8.45. The van der Waals surface area contributed by atoms with Crippen molar-refractivity contribution >= 4 is 17.4 Å². The van der Waals surface area contributed by atoms with Crippen LogP contribution in [0.5, 0.6) is 0 Å². The van der Waals surface area contributed by atoms with Gasteiger partial charge in [0.1, 0.15) is 11.5 Å². The molecule has 5 heteroatoms. The molecule has 1 aromatic heterocycles. The van der Waals surface area contributed by atoms with Crippen LogP contribution in [0.25, 0.3) is 0 Å². The van der Waals surface area contributed by atoms with Gasteiger partial charge in [-0.25, -0.2) is 9.97 Å². The van der Waals surface area contributed by atoms with E-state index in [1.807, 2.05) is 56.3 Å². The third-order valence-corrected chi connectivity index (χ3v) is 4.40. The number of aryl methyl sites for hydroxylation is 2. The molecule has 1 amide bonds. The van der Waals surface area contributed by atoms with Crippen LogP contribution in [0.2, 0.25) is 0 Å². The molecule has 0 fully saturated rings. The Bertz CT molecular complexity index is 907. The molecule has 0 aliphatic rings. The maximum Gasteiger partial charge on any atom is 0.274 e. The van der Waals surface area contributed by atoms with E-state index in [-0.39, 0.29) is 5.91 Å². The zero-order valence-corrected chi connectivity index (χ0v) is 15.9. The minimum atomic E-state index is -0.119. The largest absolute Gasteiger partial charge is 0.339 e. The van der Waals surface area contributed by atoms with Crippen molar-refractivity contribution in [2.75, 3.05) is 11.9 Å². The zero-order valence-electron chi connectivity index (χ0n) is 15.9. The first kappa shape index (κ1) is 18.6. The first-order valence-electron chi connectivity index (χ1n) is 9.06. The highest BCUT2D eigenvalue weighted by atomic mass is 16.2. The molecular weight excluding hydrogens is 336 g/mol. The van der Waals surface area contributed by atoms with E-state index in [0.717, 1.165) is 16.8 Å². The average molecular weight is 360 g/mol. The van der Waals surface area contributed by atoms with Gasteiger partial charge in [0.2, 0.25) is 0 Å². The van der Waals surface area contributed by atoms with Crippen molar-refractivity contribution in [1.82, 2.24) is 14.9 Å². The lowest BCUT2D eigenvalue weighted by Crippen LogP contribution is -2.31. The lowest BCUT2D eigenvalue weighted by atomic mass is 10.1. The highest BCUT2D eigenvalue weighted by Crippen LogP contribution is 2.20. The summed E-state index contributed by atoms with van der Waals surface area (Å²) in [7, 11) is 0. The monoisotopic (exact) mass is 360 g/mol. The van der Waals surface area contributed by atoms with E-state index in [0.29, 0.717) is 24.6 Å². The van der Waals surface area contributed by atoms with Crippen molar-refractivity contribution in [2.24, 2.45) is 0 Å². The Morgan fingerprint density at radius 2 is 1.81 bits per heavy atom.